The lowest BCUT2D eigenvalue weighted by atomic mass is 10.1. The van der Waals surface area contributed by atoms with Crippen molar-refractivity contribution in [1.29, 1.82) is 5.53 Å². The third-order valence-electron chi connectivity index (χ3n) is 3.91. The van der Waals surface area contributed by atoms with Crippen LogP contribution in [0.3, 0.4) is 0 Å². The Morgan fingerprint density at radius 2 is 1.85 bits per heavy atom. The topological polar surface area (TPSA) is 112 Å². The molecular formula is C19H16N8. The van der Waals surface area contributed by atoms with E-state index < -0.39 is 0 Å². The minimum atomic E-state index is 0.226. The number of nitrogens with zero attached hydrogens (tertiary/aromatic N) is 5. The number of hydrogen-bond donors (Lipinski definition) is 3. The zero-order valence-electron chi connectivity index (χ0n) is 14.3. The van der Waals surface area contributed by atoms with Gasteiger partial charge in [0.25, 0.3) is 0 Å². The molecule has 0 bridgehead atoms. The molecule has 4 aromatic rings. The molecule has 0 saturated carbocycles. The van der Waals surface area contributed by atoms with Gasteiger partial charge in [-0.1, -0.05) is 18.2 Å². The number of benzene rings is 1. The van der Waals surface area contributed by atoms with Crippen LogP contribution in [-0.4, -0.2) is 19.9 Å². The molecule has 27 heavy (non-hydrogen) atoms. The van der Waals surface area contributed by atoms with E-state index >= 15 is 0 Å². The van der Waals surface area contributed by atoms with Gasteiger partial charge in [-0.2, -0.15) is 0 Å². The van der Waals surface area contributed by atoms with Gasteiger partial charge in [-0.25, -0.2) is 20.5 Å². The zero-order valence-corrected chi connectivity index (χ0v) is 14.3. The minimum absolute atomic E-state index is 0.226. The molecule has 0 aliphatic heterocycles. The Labute approximate surface area is 155 Å². The molecule has 0 fully saturated rings. The van der Waals surface area contributed by atoms with E-state index in [1.165, 1.54) is 6.20 Å². The first-order valence-corrected chi connectivity index (χ1v) is 8.32. The van der Waals surface area contributed by atoms with Crippen LogP contribution >= 0.6 is 0 Å². The fourth-order valence-corrected chi connectivity index (χ4v) is 2.63. The maximum absolute atomic E-state index is 7.31. The van der Waals surface area contributed by atoms with E-state index in [0.29, 0.717) is 24.0 Å². The molecule has 0 atom stereocenters. The molecule has 3 N–H and O–H groups in total. The summed E-state index contributed by atoms with van der Waals surface area (Å²) in [5.41, 5.74) is 9.32. The molecule has 3 aromatic heterocycles. The minimum Gasteiger partial charge on any atom is -0.363 e. The molecule has 132 valence electrons. The SMILES string of the molecule is N=Nc1ncc(Nc2ccccn2)nc1NCc1ccc2ncccc2c1. The summed E-state index contributed by atoms with van der Waals surface area (Å²) in [6.45, 7) is 0.523. The van der Waals surface area contributed by atoms with Crippen LogP contribution in [0.1, 0.15) is 5.56 Å². The van der Waals surface area contributed by atoms with Gasteiger partial charge >= 0.3 is 0 Å². The van der Waals surface area contributed by atoms with Crippen molar-refractivity contribution in [3.05, 3.63) is 72.7 Å². The van der Waals surface area contributed by atoms with Crippen LogP contribution in [-0.2, 0) is 6.54 Å². The highest BCUT2D eigenvalue weighted by molar-refractivity contribution is 5.79. The molecule has 1 aromatic carbocycles. The number of hydrogen-bond acceptors (Lipinski definition) is 8. The lowest BCUT2D eigenvalue weighted by Gasteiger charge is -2.10. The quantitative estimate of drug-likeness (QED) is 0.440. The van der Waals surface area contributed by atoms with Crippen molar-refractivity contribution in [2.24, 2.45) is 5.11 Å². The number of nitrogens with one attached hydrogen (secondary N) is 3. The second kappa shape index (κ2) is 7.52. The maximum atomic E-state index is 7.31. The highest BCUT2D eigenvalue weighted by Crippen LogP contribution is 2.23. The fourth-order valence-electron chi connectivity index (χ4n) is 2.63. The second-order valence-corrected chi connectivity index (χ2v) is 5.76. The standard InChI is InChI=1S/C19H16N8/c20-27-19-18(26-17(12-24-19)25-16-5-1-2-8-22-16)23-11-13-6-7-15-14(10-13)4-3-9-21-15/h1-10,12,20H,11H2,(H2,22,23,25,26). The van der Waals surface area contributed by atoms with E-state index in [2.05, 4.69) is 41.8 Å². The number of fused-ring (bicyclic) bond motifs is 1. The summed E-state index contributed by atoms with van der Waals surface area (Å²) in [6, 6.07) is 15.5. The summed E-state index contributed by atoms with van der Waals surface area (Å²) in [5, 5.41) is 10.8. The van der Waals surface area contributed by atoms with Gasteiger partial charge in [0.05, 0.1) is 11.7 Å². The van der Waals surface area contributed by atoms with Crippen LogP contribution in [0.15, 0.2) is 72.2 Å². The summed E-state index contributed by atoms with van der Waals surface area (Å²) in [4.78, 5) is 17.2. The normalized spacial score (nSPS) is 10.5. The predicted octanol–water partition coefficient (Wildman–Crippen LogP) is 4.44. The van der Waals surface area contributed by atoms with Crippen molar-refractivity contribution in [3.63, 3.8) is 0 Å². The Morgan fingerprint density at radius 1 is 0.926 bits per heavy atom. The van der Waals surface area contributed by atoms with E-state index in [4.69, 9.17) is 5.53 Å². The van der Waals surface area contributed by atoms with Crippen LogP contribution in [0.2, 0.25) is 0 Å². The third kappa shape index (κ3) is 3.84. The Balaban J connectivity index is 1.54. The van der Waals surface area contributed by atoms with E-state index in [0.717, 1.165) is 16.5 Å². The Kier molecular flexibility index (Phi) is 4.60. The summed E-state index contributed by atoms with van der Waals surface area (Å²) in [7, 11) is 0. The Bertz CT molecular complexity index is 1080. The smallest absolute Gasteiger partial charge is 0.216 e. The van der Waals surface area contributed by atoms with E-state index in [1.807, 2.05) is 42.5 Å². The average molecular weight is 356 g/mol. The summed E-state index contributed by atoms with van der Waals surface area (Å²) in [6.07, 6.45) is 4.99. The van der Waals surface area contributed by atoms with Gasteiger partial charge in [0.1, 0.15) is 5.82 Å². The molecule has 8 heteroatoms. The molecule has 0 radical (unpaired) electrons. The van der Waals surface area contributed by atoms with Gasteiger partial charge in [0, 0.05) is 24.3 Å². The van der Waals surface area contributed by atoms with E-state index in [1.54, 1.807) is 12.4 Å². The predicted molar refractivity (Wildman–Crippen MR) is 103 cm³/mol. The lowest BCUT2D eigenvalue weighted by molar-refractivity contribution is 1.03. The number of rotatable bonds is 6. The summed E-state index contributed by atoms with van der Waals surface area (Å²) < 4.78 is 0. The van der Waals surface area contributed by atoms with Gasteiger partial charge in [-0.15, -0.1) is 5.11 Å². The summed E-state index contributed by atoms with van der Waals surface area (Å²) in [5.74, 6) is 1.84. The molecule has 0 saturated heterocycles. The van der Waals surface area contributed by atoms with Crippen molar-refractivity contribution in [3.8, 4) is 0 Å². The molecular weight excluding hydrogens is 340 g/mol. The largest absolute Gasteiger partial charge is 0.363 e. The first-order valence-electron chi connectivity index (χ1n) is 8.32. The van der Waals surface area contributed by atoms with Crippen molar-refractivity contribution in [1.82, 2.24) is 19.9 Å². The highest BCUT2D eigenvalue weighted by atomic mass is 15.2. The molecule has 3 heterocycles. The fraction of sp³-hybridized carbons (Fsp3) is 0.0526. The van der Waals surface area contributed by atoms with Crippen LogP contribution in [0.5, 0.6) is 0 Å². The van der Waals surface area contributed by atoms with Crippen LogP contribution in [0.4, 0.5) is 23.3 Å². The number of anilines is 3. The van der Waals surface area contributed by atoms with Gasteiger partial charge in [0.15, 0.2) is 11.6 Å². The number of pyridine rings is 2. The van der Waals surface area contributed by atoms with Crippen molar-refractivity contribution < 1.29 is 0 Å². The molecule has 0 aliphatic carbocycles. The monoisotopic (exact) mass is 356 g/mol. The van der Waals surface area contributed by atoms with Gasteiger partial charge in [-0.05, 0) is 35.9 Å². The van der Waals surface area contributed by atoms with Crippen LogP contribution in [0.25, 0.3) is 10.9 Å². The van der Waals surface area contributed by atoms with Crippen LogP contribution < -0.4 is 10.6 Å². The first-order chi connectivity index (χ1) is 13.3. The molecule has 0 spiro atoms. The summed E-state index contributed by atoms with van der Waals surface area (Å²) >= 11 is 0. The molecule has 4 rings (SSSR count). The molecule has 0 aliphatic rings. The van der Waals surface area contributed by atoms with Crippen LogP contribution in [0, 0.1) is 5.53 Å². The Morgan fingerprint density at radius 3 is 2.70 bits per heavy atom. The van der Waals surface area contributed by atoms with E-state index in [-0.39, 0.29) is 5.82 Å². The first kappa shape index (κ1) is 16.5. The molecule has 0 amide bonds. The molecule has 8 nitrogen and oxygen atoms in total. The third-order valence-corrected chi connectivity index (χ3v) is 3.91. The second-order valence-electron chi connectivity index (χ2n) is 5.76. The highest BCUT2D eigenvalue weighted by Gasteiger charge is 2.08. The van der Waals surface area contributed by atoms with E-state index in [9.17, 15) is 0 Å². The Hall–Kier alpha value is -3.94. The lowest BCUT2D eigenvalue weighted by Crippen LogP contribution is -2.05. The van der Waals surface area contributed by atoms with Crippen molar-refractivity contribution in [2.75, 3.05) is 10.6 Å². The zero-order chi connectivity index (χ0) is 18.5. The number of aromatic nitrogens is 4. The van der Waals surface area contributed by atoms with Gasteiger partial charge in [0.2, 0.25) is 5.82 Å². The molecule has 0 unspecified atom stereocenters. The van der Waals surface area contributed by atoms with Crippen molar-refractivity contribution in [2.45, 2.75) is 6.54 Å². The van der Waals surface area contributed by atoms with Gasteiger partial charge in [-0.3, -0.25) is 4.98 Å². The average Bonchev–Trinajstić information content (AvgIpc) is 2.73. The maximum Gasteiger partial charge on any atom is 0.216 e. The van der Waals surface area contributed by atoms with Crippen molar-refractivity contribution >= 4 is 34.2 Å². The van der Waals surface area contributed by atoms with Gasteiger partial charge < -0.3 is 10.6 Å².